The van der Waals surface area contributed by atoms with Crippen LogP contribution in [0.2, 0.25) is 0 Å². The van der Waals surface area contributed by atoms with Crippen molar-refractivity contribution in [2.75, 3.05) is 0 Å². The Kier molecular flexibility index (Phi) is 5.10. The SMILES string of the molecule is O=C1OC(c2ccc(-c3ccccc3)cc2)=N/C1=C\c1ccc(-c2ccc(Br)cc2)o1. The predicted molar refractivity (Wildman–Crippen MR) is 124 cm³/mol. The zero-order valence-electron chi connectivity index (χ0n) is 16.3. The number of esters is 1. The van der Waals surface area contributed by atoms with Crippen LogP contribution in [-0.4, -0.2) is 11.9 Å². The summed E-state index contributed by atoms with van der Waals surface area (Å²) in [7, 11) is 0. The standard InChI is InChI=1S/C26H16BrNO3/c27-21-12-10-19(11-13-21)24-15-14-22(30-24)16-23-26(29)31-25(28-23)20-8-6-18(7-9-20)17-4-2-1-3-5-17/h1-16H/b23-16-. The first-order valence-electron chi connectivity index (χ1n) is 9.70. The molecule has 31 heavy (non-hydrogen) atoms. The molecular weight excluding hydrogens is 454 g/mol. The molecule has 0 unspecified atom stereocenters. The number of furan rings is 1. The van der Waals surface area contributed by atoms with Gasteiger partial charge in [0.2, 0.25) is 5.90 Å². The van der Waals surface area contributed by atoms with Crippen LogP contribution >= 0.6 is 15.9 Å². The number of halogens is 1. The van der Waals surface area contributed by atoms with Gasteiger partial charge in [-0.15, -0.1) is 0 Å². The molecule has 3 aromatic carbocycles. The molecule has 0 atom stereocenters. The molecule has 0 radical (unpaired) electrons. The second kappa shape index (κ2) is 8.20. The molecule has 5 rings (SSSR count). The van der Waals surface area contributed by atoms with Gasteiger partial charge in [0.15, 0.2) is 5.70 Å². The first-order valence-corrected chi connectivity index (χ1v) is 10.5. The first kappa shape index (κ1) is 19.3. The smallest absolute Gasteiger partial charge is 0.363 e. The van der Waals surface area contributed by atoms with Gasteiger partial charge in [-0.1, -0.05) is 70.5 Å². The van der Waals surface area contributed by atoms with Crippen LogP contribution in [0.1, 0.15) is 11.3 Å². The minimum Gasteiger partial charge on any atom is -0.457 e. The summed E-state index contributed by atoms with van der Waals surface area (Å²) in [5.41, 5.74) is 4.11. The highest BCUT2D eigenvalue weighted by molar-refractivity contribution is 9.10. The van der Waals surface area contributed by atoms with E-state index in [2.05, 4.69) is 33.1 Å². The Hall–Kier alpha value is -3.70. The Bertz CT molecular complexity index is 1300. The molecule has 0 saturated carbocycles. The normalized spacial score (nSPS) is 14.5. The van der Waals surface area contributed by atoms with Gasteiger partial charge in [-0.3, -0.25) is 0 Å². The lowest BCUT2D eigenvalue weighted by Gasteiger charge is -2.03. The fraction of sp³-hybridized carbons (Fsp3) is 0. The lowest BCUT2D eigenvalue weighted by molar-refractivity contribution is -0.129. The van der Waals surface area contributed by atoms with Gasteiger partial charge >= 0.3 is 5.97 Å². The highest BCUT2D eigenvalue weighted by atomic mass is 79.9. The fourth-order valence-corrected chi connectivity index (χ4v) is 3.57. The molecule has 0 amide bonds. The quantitative estimate of drug-likeness (QED) is 0.246. The topological polar surface area (TPSA) is 51.8 Å². The molecule has 0 fully saturated rings. The Morgan fingerprint density at radius 3 is 2.10 bits per heavy atom. The Balaban J connectivity index is 1.38. The molecule has 0 spiro atoms. The third-order valence-electron chi connectivity index (χ3n) is 4.89. The lowest BCUT2D eigenvalue weighted by atomic mass is 10.0. The number of rotatable bonds is 4. The summed E-state index contributed by atoms with van der Waals surface area (Å²) in [5.74, 6) is 1.04. The molecule has 5 heteroatoms. The summed E-state index contributed by atoms with van der Waals surface area (Å²) in [6.45, 7) is 0. The second-order valence-electron chi connectivity index (χ2n) is 6.99. The van der Waals surface area contributed by atoms with Crippen LogP contribution in [-0.2, 0) is 9.53 Å². The summed E-state index contributed by atoms with van der Waals surface area (Å²) in [6, 6.07) is 29.3. The molecule has 0 aliphatic carbocycles. The molecule has 1 aromatic heterocycles. The molecule has 1 aliphatic rings. The van der Waals surface area contributed by atoms with Crippen molar-refractivity contribution in [1.82, 2.24) is 0 Å². The molecule has 0 N–H and O–H groups in total. The van der Waals surface area contributed by atoms with Gasteiger partial charge < -0.3 is 9.15 Å². The van der Waals surface area contributed by atoms with Crippen molar-refractivity contribution in [1.29, 1.82) is 0 Å². The van der Waals surface area contributed by atoms with E-state index in [-0.39, 0.29) is 11.6 Å². The number of carbonyl (C=O) groups excluding carboxylic acids is 1. The molecular formula is C26H16BrNO3. The second-order valence-corrected chi connectivity index (χ2v) is 7.90. The van der Waals surface area contributed by atoms with E-state index in [1.165, 1.54) is 0 Å². The average molecular weight is 470 g/mol. The van der Waals surface area contributed by atoms with Gasteiger partial charge in [-0.25, -0.2) is 9.79 Å². The van der Waals surface area contributed by atoms with Gasteiger partial charge in [0.05, 0.1) is 0 Å². The molecule has 2 heterocycles. The minimum absolute atomic E-state index is 0.207. The summed E-state index contributed by atoms with van der Waals surface area (Å²) in [6.07, 6.45) is 1.59. The molecule has 4 nitrogen and oxygen atoms in total. The maximum atomic E-state index is 12.3. The lowest BCUT2D eigenvalue weighted by Crippen LogP contribution is -2.05. The predicted octanol–water partition coefficient (Wildman–Crippen LogP) is 6.72. The Morgan fingerprint density at radius 2 is 1.35 bits per heavy atom. The molecule has 4 aromatic rings. The molecule has 1 aliphatic heterocycles. The van der Waals surface area contributed by atoms with E-state index in [4.69, 9.17) is 9.15 Å². The number of aliphatic imine (C=N–C) groups is 1. The number of hydrogen-bond donors (Lipinski definition) is 0. The van der Waals surface area contributed by atoms with E-state index < -0.39 is 5.97 Å². The van der Waals surface area contributed by atoms with Crippen LogP contribution in [0.25, 0.3) is 28.5 Å². The van der Waals surface area contributed by atoms with Crippen LogP contribution in [0.3, 0.4) is 0 Å². The van der Waals surface area contributed by atoms with Gasteiger partial charge in [-0.05, 0) is 47.5 Å². The van der Waals surface area contributed by atoms with Crippen molar-refractivity contribution in [2.24, 2.45) is 4.99 Å². The number of hydrogen-bond acceptors (Lipinski definition) is 4. The van der Waals surface area contributed by atoms with Gasteiger partial charge in [0, 0.05) is 21.7 Å². The van der Waals surface area contributed by atoms with Crippen molar-refractivity contribution in [3.05, 3.63) is 112 Å². The largest absolute Gasteiger partial charge is 0.457 e. The van der Waals surface area contributed by atoms with E-state index >= 15 is 0 Å². The van der Waals surface area contributed by atoms with Crippen molar-refractivity contribution in [3.63, 3.8) is 0 Å². The van der Waals surface area contributed by atoms with E-state index in [9.17, 15) is 4.79 Å². The van der Waals surface area contributed by atoms with Gasteiger partial charge in [0.25, 0.3) is 0 Å². The number of carbonyl (C=O) groups is 1. The van der Waals surface area contributed by atoms with Crippen molar-refractivity contribution in [3.8, 4) is 22.5 Å². The molecule has 150 valence electrons. The van der Waals surface area contributed by atoms with E-state index in [1.807, 2.05) is 72.8 Å². The Morgan fingerprint density at radius 1 is 0.710 bits per heavy atom. The third kappa shape index (κ3) is 4.13. The van der Waals surface area contributed by atoms with Crippen molar-refractivity contribution in [2.45, 2.75) is 0 Å². The minimum atomic E-state index is -0.497. The summed E-state index contributed by atoms with van der Waals surface area (Å²) < 4.78 is 12.2. The average Bonchev–Trinajstić information content (AvgIpc) is 3.42. The first-order chi connectivity index (χ1) is 15.2. The van der Waals surface area contributed by atoms with Crippen LogP contribution < -0.4 is 0 Å². The van der Waals surface area contributed by atoms with Crippen LogP contribution in [0, 0.1) is 0 Å². The van der Waals surface area contributed by atoms with Crippen LogP contribution in [0.4, 0.5) is 0 Å². The van der Waals surface area contributed by atoms with Crippen molar-refractivity contribution >= 4 is 33.9 Å². The van der Waals surface area contributed by atoms with E-state index in [0.717, 1.165) is 26.7 Å². The zero-order valence-corrected chi connectivity index (χ0v) is 17.9. The maximum Gasteiger partial charge on any atom is 0.363 e. The monoisotopic (exact) mass is 469 g/mol. The van der Waals surface area contributed by atoms with E-state index in [1.54, 1.807) is 12.1 Å². The number of cyclic esters (lactones) is 1. The van der Waals surface area contributed by atoms with Gasteiger partial charge in [0.1, 0.15) is 11.5 Å². The number of nitrogens with zero attached hydrogens (tertiary/aromatic N) is 1. The van der Waals surface area contributed by atoms with E-state index in [0.29, 0.717) is 11.5 Å². The summed E-state index contributed by atoms with van der Waals surface area (Å²) in [4.78, 5) is 16.7. The highest BCUT2D eigenvalue weighted by Crippen LogP contribution is 2.27. The number of ether oxygens (including phenoxy) is 1. The van der Waals surface area contributed by atoms with Crippen LogP contribution in [0.5, 0.6) is 0 Å². The number of benzene rings is 3. The fourth-order valence-electron chi connectivity index (χ4n) is 3.30. The Labute approximate surface area is 187 Å². The molecule has 0 bridgehead atoms. The summed E-state index contributed by atoms with van der Waals surface area (Å²) >= 11 is 3.42. The summed E-state index contributed by atoms with van der Waals surface area (Å²) in [5, 5.41) is 0. The molecule has 0 saturated heterocycles. The third-order valence-corrected chi connectivity index (χ3v) is 5.42. The van der Waals surface area contributed by atoms with Crippen molar-refractivity contribution < 1.29 is 13.9 Å². The maximum absolute atomic E-state index is 12.3. The van der Waals surface area contributed by atoms with Gasteiger partial charge in [-0.2, -0.15) is 0 Å². The highest BCUT2D eigenvalue weighted by Gasteiger charge is 2.24. The zero-order chi connectivity index (χ0) is 21.2. The van der Waals surface area contributed by atoms with Crippen LogP contribution in [0.15, 0.2) is 111 Å².